The molecule has 0 radical (unpaired) electrons. The second-order valence-corrected chi connectivity index (χ2v) is 8.02. The van der Waals surface area contributed by atoms with Crippen LogP contribution >= 0.6 is 0 Å². The van der Waals surface area contributed by atoms with E-state index in [1.165, 1.54) is 0 Å². The van der Waals surface area contributed by atoms with Gasteiger partial charge in [0.05, 0.1) is 0 Å². The number of benzene rings is 2. The van der Waals surface area contributed by atoms with E-state index in [1.807, 2.05) is 86.5 Å². The molecule has 0 aliphatic carbocycles. The van der Waals surface area contributed by atoms with E-state index in [2.05, 4.69) is 51.2 Å². The molecule has 5 rings (SSSR count). The van der Waals surface area contributed by atoms with Crippen LogP contribution in [0, 0.1) is 0 Å². The molecule has 2 aromatic heterocycles. The van der Waals surface area contributed by atoms with Crippen LogP contribution in [0.3, 0.4) is 0 Å². The van der Waals surface area contributed by atoms with Gasteiger partial charge in [-0.2, -0.15) is 29.9 Å². The zero-order valence-electron chi connectivity index (χ0n) is 19.2. The lowest BCUT2D eigenvalue weighted by Gasteiger charge is -2.17. The number of nitrogens with zero attached hydrogens (tertiary/aromatic N) is 8. The number of anilines is 10. The number of fused-ring (bicyclic) bond motifs is 8. The Balaban J connectivity index is 1.64. The van der Waals surface area contributed by atoms with E-state index in [1.54, 1.807) is 0 Å². The summed E-state index contributed by atoms with van der Waals surface area (Å²) >= 11 is 0. The second-order valence-electron chi connectivity index (χ2n) is 8.02. The van der Waals surface area contributed by atoms with E-state index in [-0.39, 0.29) is 0 Å². The minimum atomic E-state index is 0.414. The van der Waals surface area contributed by atoms with Crippen molar-refractivity contribution in [3.63, 3.8) is 0 Å². The van der Waals surface area contributed by atoms with Crippen LogP contribution in [0.15, 0.2) is 48.5 Å². The van der Waals surface area contributed by atoms with Crippen molar-refractivity contribution < 1.29 is 0 Å². The maximum Gasteiger partial charge on any atom is 0.233 e. The minimum Gasteiger partial charge on any atom is -0.347 e. The van der Waals surface area contributed by atoms with Crippen molar-refractivity contribution in [2.75, 3.05) is 59.3 Å². The van der Waals surface area contributed by atoms with Gasteiger partial charge >= 0.3 is 0 Å². The highest BCUT2D eigenvalue weighted by molar-refractivity contribution is 5.68. The minimum absolute atomic E-state index is 0.414. The Bertz CT molecular complexity index is 1160. The van der Waals surface area contributed by atoms with Crippen molar-refractivity contribution in [1.82, 2.24) is 29.9 Å². The molecule has 172 valence electrons. The SMILES string of the molecule is CN(C)c1nc2nc(n1)Nc1cccc(c1)Nc1nc(nc(N(C)C)n1)Nc1cccc(c1)N2. The number of hydrogen-bond donors (Lipinski definition) is 4. The summed E-state index contributed by atoms with van der Waals surface area (Å²) in [6.45, 7) is 0. The predicted molar refractivity (Wildman–Crippen MR) is 134 cm³/mol. The normalized spacial score (nSPS) is 11.9. The zero-order chi connectivity index (χ0) is 23.7. The molecule has 1 aliphatic rings. The lowest BCUT2D eigenvalue weighted by atomic mass is 10.2. The Morgan fingerprint density at radius 3 is 1.03 bits per heavy atom. The monoisotopic (exact) mass is 456 g/mol. The lowest BCUT2D eigenvalue weighted by molar-refractivity contribution is 0.964. The van der Waals surface area contributed by atoms with Crippen molar-refractivity contribution >= 4 is 58.4 Å². The molecular formula is C22H24N12. The number of rotatable bonds is 2. The van der Waals surface area contributed by atoms with Gasteiger partial charge in [-0.25, -0.2) is 0 Å². The highest BCUT2D eigenvalue weighted by Gasteiger charge is 2.13. The number of hydrogen-bond acceptors (Lipinski definition) is 12. The maximum atomic E-state index is 4.55. The molecule has 8 bridgehead atoms. The molecule has 0 unspecified atom stereocenters. The molecule has 1 aliphatic heterocycles. The third-order valence-corrected chi connectivity index (χ3v) is 4.80. The van der Waals surface area contributed by atoms with Gasteiger partial charge in [0.25, 0.3) is 0 Å². The molecule has 3 heterocycles. The molecule has 0 atom stereocenters. The molecule has 0 fully saturated rings. The Hall–Kier alpha value is -4.74. The molecular weight excluding hydrogens is 432 g/mol. The van der Waals surface area contributed by atoms with Crippen molar-refractivity contribution in [1.29, 1.82) is 0 Å². The van der Waals surface area contributed by atoms with Gasteiger partial charge in [-0.15, -0.1) is 0 Å². The van der Waals surface area contributed by atoms with Crippen LogP contribution in [0.25, 0.3) is 0 Å². The van der Waals surface area contributed by atoms with E-state index < -0.39 is 0 Å². The van der Waals surface area contributed by atoms with Crippen molar-refractivity contribution in [2.45, 2.75) is 0 Å². The Labute approximate surface area is 196 Å². The van der Waals surface area contributed by atoms with Gasteiger partial charge in [0.1, 0.15) is 0 Å². The third-order valence-electron chi connectivity index (χ3n) is 4.80. The first-order chi connectivity index (χ1) is 16.4. The van der Waals surface area contributed by atoms with Gasteiger partial charge in [0, 0.05) is 50.9 Å². The highest BCUT2D eigenvalue weighted by Crippen LogP contribution is 2.26. The first kappa shape index (κ1) is 21.1. The van der Waals surface area contributed by atoms with Crippen LogP contribution in [-0.2, 0) is 0 Å². The molecule has 12 heteroatoms. The number of aromatic nitrogens is 6. The summed E-state index contributed by atoms with van der Waals surface area (Å²) in [7, 11) is 7.53. The Morgan fingerprint density at radius 1 is 0.471 bits per heavy atom. The van der Waals surface area contributed by atoms with E-state index in [9.17, 15) is 0 Å². The smallest absolute Gasteiger partial charge is 0.233 e. The standard InChI is InChI=1S/C22H24N12/c1-33(2)21-29-17-23-13-7-5-9-15(11-13)25-19-28-20(32-22(31-19)34(3)4)26-16-10-6-8-14(12-16)24-18(27-17)30-21/h5-12H,1-4H3,(H2,23,24,27,29,30)(H2,25,26,28,31,32). The Morgan fingerprint density at radius 2 is 0.765 bits per heavy atom. The van der Waals surface area contributed by atoms with Gasteiger partial charge in [-0.1, -0.05) is 12.1 Å². The van der Waals surface area contributed by atoms with Crippen LogP contribution < -0.4 is 31.1 Å². The summed E-state index contributed by atoms with van der Waals surface area (Å²) < 4.78 is 0. The van der Waals surface area contributed by atoms with Crippen LogP contribution in [0.5, 0.6) is 0 Å². The molecule has 34 heavy (non-hydrogen) atoms. The van der Waals surface area contributed by atoms with E-state index in [0.29, 0.717) is 35.7 Å². The predicted octanol–water partition coefficient (Wildman–Crippen LogP) is 3.48. The third kappa shape index (κ3) is 4.70. The topological polar surface area (TPSA) is 132 Å². The highest BCUT2D eigenvalue weighted by atomic mass is 15.3. The van der Waals surface area contributed by atoms with Crippen molar-refractivity contribution in [2.24, 2.45) is 0 Å². The van der Waals surface area contributed by atoms with Crippen LogP contribution in [0.1, 0.15) is 0 Å². The fourth-order valence-corrected chi connectivity index (χ4v) is 3.22. The van der Waals surface area contributed by atoms with Crippen LogP contribution in [-0.4, -0.2) is 58.1 Å². The number of nitrogens with one attached hydrogen (secondary N) is 4. The summed E-state index contributed by atoms with van der Waals surface area (Å²) in [5, 5.41) is 13.0. The van der Waals surface area contributed by atoms with Gasteiger partial charge in [0.15, 0.2) is 0 Å². The average molecular weight is 457 g/mol. The van der Waals surface area contributed by atoms with Crippen LogP contribution in [0.2, 0.25) is 0 Å². The second kappa shape index (κ2) is 8.65. The van der Waals surface area contributed by atoms with Gasteiger partial charge in [0.2, 0.25) is 35.7 Å². The molecule has 4 aromatic rings. The van der Waals surface area contributed by atoms with Crippen LogP contribution in [0.4, 0.5) is 58.4 Å². The summed E-state index contributed by atoms with van der Waals surface area (Å²) in [6.07, 6.45) is 0. The van der Waals surface area contributed by atoms with Crippen molar-refractivity contribution in [3.8, 4) is 0 Å². The zero-order valence-corrected chi connectivity index (χ0v) is 19.2. The first-order valence-corrected chi connectivity index (χ1v) is 10.6. The molecule has 0 saturated carbocycles. The summed E-state index contributed by atoms with van der Waals surface area (Å²) in [5.74, 6) is 2.70. The summed E-state index contributed by atoms with van der Waals surface area (Å²) in [6, 6.07) is 15.4. The molecule has 0 saturated heterocycles. The quantitative estimate of drug-likeness (QED) is 0.310. The molecule has 12 nitrogen and oxygen atoms in total. The Kier molecular flexibility index (Phi) is 5.38. The molecule has 4 N–H and O–H groups in total. The fraction of sp³-hybridized carbons (Fsp3) is 0.182. The van der Waals surface area contributed by atoms with Crippen molar-refractivity contribution in [3.05, 3.63) is 48.5 Å². The van der Waals surface area contributed by atoms with E-state index in [4.69, 9.17) is 0 Å². The molecule has 0 spiro atoms. The van der Waals surface area contributed by atoms with Gasteiger partial charge in [-0.3, -0.25) is 0 Å². The van der Waals surface area contributed by atoms with E-state index >= 15 is 0 Å². The summed E-state index contributed by atoms with van der Waals surface area (Å²) in [5.41, 5.74) is 3.17. The van der Waals surface area contributed by atoms with Gasteiger partial charge in [-0.05, 0) is 36.4 Å². The first-order valence-electron chi connectivity index (χ1n) is 10.6. The summed E-state index contributed by atoms with van der Waals surface area (Å²) in [4.78, 5) is 30.8. The largest absolute Gasteiger partial charge is 0.347 e. The maximum absolute atomic E-state index is 4.55. The van der Waals surface area contributed by atoms with Gasteiger partial charge < -0.3 is 31.1 Å². The average Bonchev–Trinajstić information content (AvgIpc) is 2.78. The lowest BCUT2D eigenvalue weighted by Crippen LogP contribution is -2.16. The van der Waals surface area contributed by atoms with E-state index in [0.717, 1.165) is 22.7 Å². The fourth-order valence-electron chi connectivity index (χ4n) is 3.22. The molecule has 0 amide bonds. The molecule has 2 aromatic carbocycles.